The van der Waals surface area contributed by atoms with Crippen LogP contribution in [0.25, 0.3) is 11.2 Å². The van der Waals surface area contributed by atoms with Crippen molar-refractivity contribution in [3.63, 3.8) is 0 Å². The fourth-order valence-electron chi connectivity index (χ4n) is 4.97. The van der Waals surface area contributed by atoms with Gasteiger partial charge in [0.15, 0.2) is 11.3 Å². The number of aryl methyl sites for hydroxylation is 1. The number of amides is 1. The number of fused-ring (bicyclic) bond motifs is 1. The number of benzene rings is 2. The number of hydrogen-bond donors (Lipinski definition) is 2. The van der Waals surface area contributed by atoms with Crippen LogP contribution in [0.5, 0.6) is 5.88 Å². The number of nitrogens with zero attached hydrogens (tertiary/aromatic N) is 4. The molecule has 37 heavy (non-hydrogen) atoms. The van der Waals surface area contributed by atoms with Gasteiger partial charge in [0, 0.05) is 30.9 Å². The Morgan fingerprint density at radius 2 is 1.70 bits per heavy atom. The average Bonchev–Trinajstić information content (AvgIpc) is 3.31. The van der Waals surface area contributed by atoms with Crippen LogP contribution in [0.1, 0.15) is 45.7 Å². The van der Waals surface area contributed by atoms with Gasteiger partial charge in [-0.25, -0.2) is 14.4 Å². The van der Waals surface area contributed by atoms with Gasteiger partial charge in [0.1, 0.15) is 12.1 Å². The Morgan fingerprint density at radius 1 is 1.05 bits per heavy atom. The summed E-state index contributed by atoms with van der Waals surface area (Å²) in [6.07, 6.45) is 3.81. The Morgan fingerprint density at radius 3 is 2.35 bits per heavy atom. The van der Waals surface area contributed by atoms with Gasteiger partial charge in [-0.15, -0.1) is 12.4 Å². The maximum Gasteiger partial charge on any atom is 0.271 e. The van der Waals surface area contributed by atoms with Crippen LogP contribution in [0.15, 0.2) is 66.5 Å². The van der Waals surface area contributed by atoms with Crippen molar-refractivity contribution in [3.8, 4) is 5.88 Å². The first-order valence-electron chi connectivity index (χ1n) is 12.0. The van der Waals surface area contributed by atoms with Gasteiger partial charge in [0.05, 0.1) is 0 Å². The molecule has 1 aliphatic rings. The van der Waals surface area contributed by atoms with Crippen LogP contribution >= 0.6 is 12.4 Å². The largest absolute Gasteiger partial charge is 0.494 e. The number of aromatic hydroxyl groups is 1. The Hall–Kier alpha value is -3.75. The summed E-state index contributed by atoms with van der Waals surface area (Å²) in [6.45, 7) is 4.36. The standard InChI is InChI=1S/C28H28FN5O2.ClH/c1-18-23(28(36)34-17-31-25(26(30)35)27(34)32-18)13-16-33-14-11-21(12-15-33)24(19-5-3-2-4-6-19)20-7-9-22(29)10-8-20;/h2-10,17,36H,11-16H2,1H3,(H2,30,35);1H. The minimum absolute atomic E-state index is 0. The van der Waals surface area contributed by atoms with E-state index in [0.717, 1.165) is 49.2 Å². The van der Waals surface area contributed by atoms with Crippen molar-refractivity contribution in [2.24, 2.45) is 5.73 Å². The fraction of sp³-hybridized carbons (Fsp3) is 0.250. The van der Waals surface area contributed by atoms with Gasteiger partial charge in [-0.2, -0.15) is 0 Å². The predicted molar refractivity (Wildman–Crippen MR) is 143 cm³/mol. The molecular weight excluding hydrogens is 493 g/mol. The zero-order valence-electron chi connectivity index (χ0n) is 20.5. The molecule has 7 nitrogen and oxygen atoms in total. The maximum atomic E-state index is 13.6. The Labute approximate surface area is 220 Å². The van der Waals surface area contributed by atoms with Crippen molar-refractivity contribution in [3.05, 3.63) is 100 Å². The van der Waals surface area contributed by atoms with E-state index < -0.39 is 5.91 Å². The minimum Gasteiger partial charge on any atom is -0.494 e. The fourth-order valence-corrected chi connectivity index (χ4v) is 4.97. The summed E-state index contributed by atoms with van der Waals surface area (Å²) in [7, 11) is 0. The second-order valence-electron chi connectivity index (χ2n) is 9.09. The van der Waals surface area contributed by atoms with E-state index in [4.69, 9.17) is 5.73 Å². The molecule has 0 atom stereocenters. The molecule has 0 saturated carbocycles. The van der Waals surface area contributed by atoms with Crippen molar-refractivity contribution < 1.29 is 14.3 Å². The van der Waals surface area contributed by atoms with E-state index in [-0.39, 0.29) is 35.4 Å². The highest BCUT2D eigenvalue weighted by Gasteiger charge is 2.22. The van der Waals surface area contributed by atoms with E-state index in [9.17, 15) is 14.3 Å². The number of primary amides is 1. The maximum absolute atomic E-state index is 13.6. The monoisotopic (exact) mass is 521 g/mol. The molecule has 3 N–H and O–H groups in total. The van der Waals surface area contributed by atoms with Crippen LogP contribution in [0.2, 0.25) is 0 Å². The van der Waals surface area contributed by atoms with Crippen LogP contribution in [-0.4, -0.2) is 49.9 Å². The van der Waals surface area contributed by atoms with Crippen LogP contribution in [-0.2, 0) is 6.42 Å². The molecule has 5 rings (SSSR count). The van der Waals surface area contributed by atoms with Crippen molar-refractivity contribution in [2.75, 3.05) is 19.6 Å². The highest BCUT2D eigenvalue weighted by Crippen LogP contribution is 2.33. The van der Waals surface area contributed by atoms with Crippen LogP contribution in [0.3, 0.4) is 0 Å². The Kier molecular flexibility index (Phi) is 7.90. The molecule has 1 fully saturated rings. The SMILES string of the molecule is Cc1nc2c(C(N)=O)ncn2c(O)c1CCN1CCC(=C(c2ccccc2)c2ccc(F)cc2)CC1.Cl. The molecule has 1 amide bonds. The van der Waals surface area contributed by atoms with E-state index in [1.54, 1.807) is 0 Å². The van der Waals surface area contributed by atoms with E-state index in [1.807, 2.05) is 37.3 Å². The number of carbonyl (C=O) groups is 1. The van der Waals surface area contributed by atoms with Gasteiger partial charge in [-0.1, -0.05) is 48.0 Å². The summed E-state index contributed by atoms with van der Waals surface area (Å²) in [5.74, 6) is -0.874. The Balaban J connectivity index is 0.00000320. The number of hydrogen-bond acceptors (Lipinski definition) is 5. The molecule has 0 spiro atoms. The number of aromatic nitrogens is 3. The molecule has 0 aliphatic carbocycles. The first-order valence-corrected chi connectivity index (χ1v) is 12.0. The molecule has 4 aromatic rings. The first-order chi connectivity index (χ1) is 17.4. The highest BCUT2D eigenvalue weighted by molar-refractivity contribution is 5.96. The molecule has 3 heterocycles. The lowest BCUT2D eigenvalue weighted by Crippen LogP contribution is -2.33. The molecule has 1 aliphatic heterocycles. The number of nitrogens with two attached hydrogens (primary N) is 1. The molecule has 0 radical (unpaired) electrons. The zero-order valence-corrected chi connectivity index (χ0v) is 21.3. The third-order valence-corrected chi connectivity index (χ3v) is 6.87. The summed E-state index contributed by atoms with van der Waals surface area (Å²) >= 11 is 0. The third kappa shape index (κ3) is 5.35. The molecule has 1 saturated heterocycles. The number of halogens is 2. The van der Waals surface area contributed by atoms with Crippen molar-refractivity contribution >= 4 is 29.5 Å². The van der Waals surface area contributed by atoms with E-state index >= 15 is 0 Å². The van der Waals surface area contributed by atoms with E-state index in [0.29, 0.717) is 12.1 Å². The summed E-state index contributed by atoms with van der Waals surface area (Å²) in [5.41, 5.74) is 11.8. The smallest absolute Gasteiger partial charge is 0.271 e. The third-order valence-electron chi connectivity index (χ3n) is 6.87. The van der Waals surface area contributed by atoms with Crippen LogP contribution < -0.4 is 5.73 Å². The second kappa shape index (κ2) is 11.1. The topological polar surface area (TPSA) is 96.8 Å². The normalized spacial score (nSPS) is 13.9. The van der Waals surface area contributed by atoms with Crippen molar-refractivity contribution in [1.29, 1.82) is 0 Å². The number of imidazole rings is 1. The van der Waals surface area contributed by atoms with Crippen LogP contribution in [0.4, 0.5) is 4.39 Å². The molecule has 9 heteroatoms. The van der Waals surface area contributed by atoms with Gasteiger partial charge in [-0.05, 0) is 55.0 Å². The Bertz CT molecular complexity index is 1440. The number of piperidine rings is 1. The summed E-state index contributed by atoms with van der Waals surface area (Å²) < 4.78 is 15.0. The van der Waals surface area contributed by atoms with Crippen LogP contribution in [0, 0.1) is 12.7 Å². The van der Waals surface area contributed by atoms with Crippen molar-refractivity contribution in [2.45, 2.75) is 26.2 Å². The van der Waals surface area contributed by atoms with Crippen molar-refractivity contribution in [1.82, 2.24) is 19.3 Å². The second-order valence-corrected chi connectivity index (χ2v) is 9.09. The number of rotatable bonds is 6. The molecule has 192 valence electrons. The average molecular weight is 522 g/mol. The van der Waals surface area contributed by atoms with Gasteiger partial charge < -0.3 is 15.7 Å². The number of carbonyl (C=O) groups excluding carboxylic acids is 1. The minimum atomic E-state index is -0.677. The molecular formula is C28H29ClFN5O2. The summed E-state index contributed by atoms with van der Waals surface area (Å²) in [6, 6.07) is 17.0. The lowest BCUT2D eigenvalue weighted by Gasteiger charge is -2.30. The predicted octanol–water partition coefficient (Wildman–Crippen LogP) is 4.54. The zero-order chi connectivity index (χ0) is 25.2. The van der Waals surface area contributed by atoms with E-state index in [2.05, 4.69) is 27.0 Å². The quantitative estimate of drug-likeness (QED) is 0.388. The number of likely N-dealkylation sites (tertiary alicyclic amines) is 1. The molecule has 0 bridgehead atoms. The summed E-state index contributed by atoms with van der Waals surface area (Å²) in [5, 5.41) is 10.8. The summed E-state index contributed by atoms with van der Waals surface area (Å²) in [4.78, 5) is 22.4. The van der Waals surface area contributed by atoms with Gasteiger partial charge >= 0.3 is 0 Å². The lowest BCUT2D eigenvalue weighted by atomic mass is 9.88. The highest BCUT2D eigenvalue weighted by atomic mass is 35.5. The molecule has 2 aromatic carbocycles. The van der Waals surface area contributed by atoms with Gasteiger partial charge in [0.25, 0.3) is 5.91 Å². The van der Waals surface area contributed by atoms with Gasteiger partial charge in [-0.3, -0.25) is 9.20 Å². The first kappa shape index (κ1) is 26.3. The van der Waals surface area contributed by atoms with E-state index in [1.165, 1.54) is 34.0 Å². The van der Waals surface area contributed by atoms with Gasteiger partial charge in [0.2, 0.25) is 5.88 Å². The molecule has 0 unspecified atom stereocenters. The lowest BCUT2D eigenvalue weighted by molar-refractivity contribution is 0.0997. The molecule has 2 aromatic heterocycles.